The Kier molecular flexibility index (Phi) is 4.32. The van der Waals surface area contributed by atoms with E-state index in [2.05, 4.69) is 10.1 Å². The van der Waals surface area contributed by atoms with Gasteiger partial charge in [0.2, 0.25) is 5.91 Å². The van der Waals surface area contributed by atoms with Crippen LogP contribution in [0.25, 0.3) is 11.5 Å². The van der Waals surface area contributed by atoms with E-state index in [-0.39, 0.29) is 17.9 Å². The van der Waals surface area contributed by atoms with E-state index in [1.165, 1.54) is 0 Å². The standard InChI is InChI=1S/C20H23N3O4/c24-20(14-7-9-25-10-8-14)23-11-15(12-23)26-17-4-2-1-3-16(17)19-21-18(22-27-19)13-5-6-13/h1-4,13-15H,5-12H2. The van der Waals surface area contributed by atoms with E-state index < -0.39 is 0 Å². The lowest BCUT2D eigenvalue weighted by molar-refractivity contribution is -0.147. The van der Waals surface area contributed by atoms with E-state index in [9.17, 15) is 4.79 Å². The van der Waals surface area contributed by atoms with Gasteiger partial charge in [-0.3, -0.25) is 4.79 Å². The average Bonchev–Trinajstić information content (AvgIpc) is 3.42. The summed E-state index contributed by atoms with van der Waals surface area (Å²) in [4.78, 5) is 18.9. The number of rotatable bonds is 5. The summed E-state index contributed by atoms with van der Waals surface area (Å²) >= 11 is 0. The second-order valence-electron chi connectivity index (χ2n) is 7.60. The number of benzene rings is 1. The van der Waals surface area contributed by atoms with Crippen molar-refractivity contribution in [1.29, 1.82) is 0 Å². The Balaban J connectivity index is 1.22. The summed E-state index contributed by atoms with van der Waals surface area (Å²) in [6.07, 6.45) is 3.92. The van der Waals surface area contributed by atoms with E-state index >= 15 is 0 Å². The fourth-order valence-electron chi connectivity index (χ4n) is 3.67. The molecule has 2 aliphatic heterocycles. The molecule has 5 rings (SSSR count). The molecule has 2 saturated heterocycles. The molecular formula is C20H23N3O4. The van der Waals surface area contributed by atoms with Crippen molar-refractivity contribution in [2.24, 2.45) is 5.92 Å². The number of likely N-dealkylation sites (tertiary alicyclic amines) is 1. The molecule has 142 valence electrons. The molecule has 3 heterocycles. The number of hydrogen-bond acceptors (Lipinski definition) is 6. The minimum Gasteiger partial charge on any atom is -0.486 e. The van der Waals surface area contributed by atoms with Crippen LogP contribution < -0.4 is 4.74 Å². The van der Waals surface area contributed by atoms with Gasteiger partial charge in [-0.2, -0.15) is 4.98 Å². The first-order chi connectivity index (χ1) is 13.3. The van der Waals surface area contributed by atoms with E-state index in [1.807, 2.05) is 29.2 Å². The third kappa shape index (κ3) is 3.43. The molecule has 7 nitrogen and oxygen atoms in total. The smallest absolute Gasteiger partial charge is 0.261 e. The van der Waals surface area contributed by atoms with Gasteiger partial charge in [0.05, 0.1) is 18.7 Å². The van der Waals surface area contributed by atoms with Gasteiger partial charge in [0.1, 0.15) is 11.9 Å². The van der Waals surface area contributed by atoms with Crippen molar-refractivity contribution in [2.45, 2.75) is 37.7 Å². The zero-order valence-corrected chi connectivity index (χ0v) is 15.2. The van der Waals surface area contributed by atoms with E-state index in [0.717, 1.165) is 42.8 Å². The summed E-state index contributed by atoms with van der Waals surface area (Å²) in [5.74, 6) is 2.81. The van der Waals surface area contributed by atoms with Crippen LogP contribution in [0.4, 0.5) is 0 Å². The molecule has 1 aliphatic carbocycles. The maximum absolute atomic E-state index is 12.5. The SMILES string of the molecule is O=C(C1CCOCC1)N1CC(Oc2ccccc2-c2nc(C3CC3)no2)C1. The van der Waals surface area contributed by atoms with Gasteiger partial charge >= 0.3 is 0 Å². The van der Waals surface area contributed by atoms with Crippen molar-refractivity contribution in [3.8, 4) is 17.2 Å². The molecule has 2 aromatic rings. The number of ether oxygens (including phenoxy) is 2. The second kappa shape index (κ2) is 6.96. The number of aromatic nitrogens is 2. The zero-order valence-electron chi connectivity index (χ0n) is 15.2. The third-order valence-corrected chi connectivity index (χ3v) is 5.53. The van der Waals surface area contributed by atoms with Crippen LogP contribution in [-0.4, -0.2) is 53.4 Å². The van der Waals surface area contributed by atoms with Crippen molar-refractivity contribution < 1.29 is 18.8 Å². The summed E-state index contributed by atoms with van der Waals surface area (Å²) in [5.41, 5.74) is 0.811. The summed E-state index contributed by atoms with van der Waals surface area (Å²) < 4.78 is 16.9. The predicted octanol–water partition coefficient (Wildman–Crippen LogP) is 2.63. The van der Waals surface area contributed by atoms with Crippen molar-refractivity contribution in [2.75, 3.05) is 26.3 Å². The van der Waals surface area contributed by atoms with Gasteiger partial charge in [0.25, 0.3) is 5.89 Å². The lowest BCUT2D eigenvalue weighted by Gasteiger charge is -2.41. The molecule has 1 aromatic carbocycles. The van der Waals surface area contributed by atoms with Crippen LogP contribution in [-0.2, 0) is 9.53 Å². The van der Waals surface area contributed by atoms with Gasteiger partial charge in [-0.1, -0.05) is 17.3 Å². The quantitative estimate of drug-likeness (QED) is 0.806. The maximum Gasteiger partial charge on any atom is 0.261 e. The number of hydrogen-bond donors (Lipinski definition) is 0. The molecule has 0 atom stereocenters. The largest absolute Gasteiger partial charge is 0.486 e. The first kappa shape index (κ1) is 16.7. The van der Waals surface area contributed by atoms with Gasteiger partial charge in [-0.15, -0.1) is 0 Å². The molecule has 0 N–H and O–H groups in total. The maximum atomic E-state index is 12.5. The topological polar surface area (TPSA) is 77.7 Å². The summed E-state index contributed by atoms with van der Waals surface area (Å²) in [5, 5.41) is 4.09. The molecule has 27 heavy (non-hydrogen) atoms. The van der Waals surface area contributed by atoms with E-state index in [0.29, 0.717) is 38.1 Å². The molecular weight excluding hydrogens is 346 g/mol. The highest BCUT2D eigenvalue weighted by Gasteiger charge is 2.37. The molecule has 3 aliphatic rings. The van der Waals surface area contributed by atoms with Gasteiger partial charge < -0.3 is 18.9 Å². The van der Waals surface area contributed by atoms with Crippen molar-refractivity contribution >= 4 is 5.91 Å². The Labute approximate surface area is 157 Å². The highest BCUT2D eigenvalue weighted by molar-refractivity contribution is 5.79. The second-order valence-corrected chi connectivity index (χ2v) is 7.60. The summed E-state index contributed by atoms with van der Waals surface area (Å²) in [7, 11) is 0. The van der Waals surface area contributed by atoms with Crippen LogP contribution in [0.3, 0.4) is 0 Å². The predicted molar refractivity (Wildman–Crippen MR) is 96.2 cm³/mol. The lowest BCUT2D eigenvalue weighted by atomic mass is 9.96. The van der Waals surface area contributed by atoms with E-state index in [1.54, 1.807) is 0 Å². The molecule has 7 heteroatoms. The molecule has 0 unspecified atom stereocenters. The summed E-state index contributed by atoms with van der Waals surface area (Å²) in [6.45, 7) is 2.62. The van der Waals surface area contributed by atoms with Crippen LogP contribution in [0.15, 0.2) is 28.8 Å². The highest BCUT2D eigenvalue weighted by atomic mass is 16.5. The highest BCUT2D eigenvalue weighted by Crippen LogP contribution is 2.40. The number of carbonyl (C=O) groups is 1. The Hall–Kier alpha value is -2.41. The number of amides is 1. The Morgan fingerprint density at radius 1 is 1.11 bits per heavy atom. The summed E-state index contributed by atoms with van der Waals surface area (Å²) in [6, 6.07) is 7.72. The monoisotopic (exact) mass is 369 g/mol. The Morgan fingerprint density at radius 2 is 1.89 bits per heavy atom. The molecule has 0 bridgehead atoms. The van der Waals surface area contributed by atoms with Crippen molar-refractivity contribution in [3.05, 3.63) is 30.1 Å². The fourth-order valence-corrected chi connectivity index (χ4v) is 3.67. The third-order valence-electron chi connectivity index (χ3n) is 5.53. The molecule has 0 radical (unpaired) electrons. The van der Waals surface area contributed by atoms with Crippen LogP contribution in [0.5, 0.6) is 5.75 Å². The molecule has 1 aromatic heterocycles. The zero-order chi connectivity index (χ0) is 18.2. The van der Waals surface area contributed by atoms with Crippen LogP contribution in [0.2, 0.25) is 0 Å². The first-order valence-corrected chi connectivity index (χ1v) is 9.74. The van der Waals surface area contributed by atoms with E-state index in [4.69, 9.17) is 14.0 Å². The Morgan fingerprint density at radius 3 is 2.67 bits per heavy atom. The minimum absolute atomic E-state index is 0.000708. The number of nitrogens with zero attached hydrogens (tertiary/aromatic N) is 3. The van der Waals surface area contributed by atoms with Crippen LogP contribution >= 0.6 is 0 Å². The lowest BCUT2D eigenvalue weighted by Crippen LogP contribution is -2.58. The van der Waals surface area contributed by atoms with Crippen LogP contribution in [0, 0.1) is 5.92 Å². The molecule has 1 amide bonds. The number of carbonyl (C=O) groups excluding carboxylic acids is 1. The van der Waals surface area contributed by atoms with Gasteiger partial charge in [0, 0.05) is 25.0 Å². The molecule has 1 saturated carbocycles. The fraction of sp³-hybridized carbons (Fsp3) is 0.550. The minimum atomic E-state index is 0.000708. The van der Waals surface area contributed by atoms with Crippen LogP contribution in [0.1, 0.15) is 37.4 Å². The molecule has 3 fully saturated rings. The normalized spacial score (nSPS) is 21.1. The average molecular weight is 369 g/mol. The Bertz CT molecular complexity index is 820. The molecule has 0 spiro atoms. The van der Waals surface area contributed by atoms with Crippen molar-refractivity contribution in [3.63, 3.8) is 0 Å². The van der Waals surface area contributed by atoms with Gasteiger partial charge in [0.15, 0.2) is 5.82 Å². The first-order valence-electron chi connectivity index (χ1n) is 9.74. The van der Waals surface area contributed by atoms with Gasteiger partial charge in [-0.25, -0.2) is 0 Å². The van der Waals surface area contributed by atoms with Gasteiger partial charge in [-0.05, 0) is 37.8 Å². The van der Waals surface area contributed by atoms with Crippen molar-refractivity contribution in [1.82, 2.24) is 15.0 Å². The number of para-hydroxylation sites is 1.